The van der Waals surface area contributed by atoms with Gasteiger partial charge in [-0.15, -0.1) is 11.8 Å². The highest BCUT2D eigenvalue weighted by Gasteiger charge is 2.37. The lowest BCUT2D eigenvalue weighted by molar-refractivity contribution is -0.142. The Kier molecular flexibility index (Phi) is 11.7. The lowest BCUT2D eigenvalue weighted by Gasteiger charge is -2.30. The van der Waals surface area contributed by atoms with E-state index in [2.05, 4.69) is 25.2 Å². The lowest BCUT2D eigenvalue weighted by atomic mass is 9.77. The van der Waals surface area contributed by atoms with E-state index >= 15 is 0 Å². The number of carbonyl (C=O) groups is 2. The number of pyridine rings is 3. The molecular formula is C33H36BN5O5S. The fourth-order valence-electron chi connectivity index (χ4n) is 5.09. The molecule has 3 aromatic heterocycles. The standard InChI is InChI=1S/C33H36BN5O5S/c1-43-33(41)19-28-14-15-31(34(42)44-28)45-30-11-3-2-10-29(30)38-32(40)18-24-12-13-27(37-20-24)23-39(21-25-8-4-6-16-35-25)22-26-9-5-7-17-36-26/h2-13,16-17,20,28,31,42H,14-15,18-19,21-23H2,1H3,(H,38,40). The molecule has 0 spiro atoms. The minimum absolute atomic E-state index is 0.113. The van der Waals surface area contributed by atoms with E-state index in [4.69, 9.17) is 9.39 Å². The summed E-state index contributed by atoms with van der Waals surface area (Å²) >= 11 is 1.45. The molecule has 1 amide bonds. The van der Waals surface area contributed by atoms with Gasteiger partial charge in [0.25, 0.3) is 0 Å². The third-order valence-corrected chi connectivity index (χ3v) is 8.73. The van der Waals surface area contributed by atoms with Crippen LogP contribution in [-0.4, -0.2) is 62.2 Å². The van der Waals surface area contributed by atoms with Crippen LogP contribution in [0.25, 0.3) is 0 Å². The third kappa shape index (κ3) is 9.95. The van der Waals surface area contributed by atoms with E-state index in [-0.39, 0.29) is 36.0 Å². The summed E-state index contributed by atoms with van der Waals surface area (Å²) in [5, 5.41) is 13.4. The second-order valence-corrected chi connectivity index (χ2v) is 12.1. The van der Waals surface area contributed by atoms with Crippen LogP contribution in [0.5, 0.6) is 0 Å². The second kappa shape index (κ2) is 16.3. The van der Waals surface area contributed by atoms with Crippen molar-refractivity contribution in [3.05, 3.63) is 114 Å². The van der Waals surface area contributed by atoms with E-state index in [0.717, 1.165) is 27.5 Å². The molecule has 1 aliphatic heterocycles. The van der Waals surface area contributed by atoms with Gasteiger partial charge in [-0.2, -0.15) is 0 Å². The van der Waals surface area contributed by atoms with Crippen LogP contribution in [0.15, 0.2) is 96.3 Å². The number of carbonyl (C=O) groups excluding carboxylic acids is 2. The Morgan fingerprint density at radius 1 is 0.933 bits per heavy atom. The van der Waals surface area contributed by atoms with Crippen molar-refractivity contribution in [2.75, 3.05) is 12.4 Å². The first kappa shape index (κ1) is 32.3. The van der Waals surface area contributed by atoms with Gasteiger partial charge in [0.15, 0.2) is 0 Å². The van der Waals surface area contributed by atoms with Crippen LogP contribution in [0.1, 0.15) is 41.9 Å². The largest absolute Gasteiger partial charge is 0.469 e. The van der Waals surface area contributed by atoms with Gasteiger partial charge < -0.3 is 19.7 Å². The Labute approximate surface area is 267 Å². The van der Waals surface area contributed by atoms with Crippen molar-refractivity contribution in [2.24, 2.45) is 0 Å². The topological polar surface area (TPSA) is 127 Å². The van der Waals surface area contributed by atoms with Crippen molar-refractivity contribution in [1.82, 2.24) is 19.9 Å². The molecule has 0 aliphatic carbocycles. The predicted octanol–water partition coefficient (Wildman–Crippen LogP) is 4.48. The summed E-state index contributed by atoms with van der Waals surface area (Å²) in [5.74, 6) is -0.525. The minimum Gasteiger partial charge on any atom is -0.469 e. The number of para-hydroxylation sites is 1. The molecule has 1 saturated heterocycles. The van der Waals surface area contributed by atoms with Gasteiger partial charge in [0, 0.05) is 48.3 Å². The molecule has 0 radical (unpaired) electrons. The van der Waals surface area contributed by atoms with Gasteiger partial charge in [-0.1, -0.05) is 30.3 Å². The number of esters is 1. The molecule has 1 aromatic carbocycles. The van der Waals surface area contributed by atoms with Crippen LogP contribution in [0, 0.1) is 0 Å². The van der Waals surface area contributed by atoms with E-state index in [1.165, 1.54) is 18.9 Å². The zero-order valence-electron chi connectivity index (χ0n) is 25.1. The number of nitrogens with zero attached hydrogens (tertiary/aromatic N) is 4. The van der Waals surface area contributed by atoms with Crippen molar-refractivity contribution in [3.8, 4) is 0 Å². The molecule has 2 N–H and O–H groups in total. The van der Waals surface area contributed by atoms with Gasteiger partial charge in [0.1, 0.15) is 0 Å². The zero-order valence-corrected chi connectivity index (χ0v) is 25.9. The highest BCUT2D eigenvalue weighted by molar-refractivity contribution is 8.01. The van der Waals surface area contributed by atoms with Crippen molar-refractivity contribution in [3.63, 3.8) is 0 Å². The SMILES string of the molecule is COC(=O)CC1CCC(Sc2ccccc2NC(=O)Cc2ccc(CN(Cc3ccccn3)Cc3ccccn3)nc2)B(O)O1. The highest BCUT2D eigenvalue weighted by Crippen LogP contribution is 2.36. The molecule has 45 heavy (non-hydrogen) atoms. The maximum absolute atomic E-state index is 13.0. The number of methoxy groups -OCH3 is 1. The molecule has 1 fully saturated rings. The van der Waals surface area contributed by atoms with Crippen LogP contribution in [0.2, 0.25) is 0 Å². The van der Waals surface area contributed by atoms with Crippen LogP contribution >= 0.6 is 11.8 Å². The number of ether oxygens (including phenoxy) is 1. The van der Waals surface area contributed by atoms with Crippen molar-refractivity contribution < 1.29 is 24.0 Å². The van der Waals surface area contributed by atoms with E-state index in [0.29, 0.717) is 38.2 Å². The number of rotatable bonds is 13. The molecule has 0 saturated carbocycles. The molecule has 5 rings (SSSR count). The Bertz CT molecular complexity index is 1490. The second-order valence-electron chi connectivity index (χ2n) is 10.8. The van der Waals surface area contributed by atoms with Crippen LogP contribution in [0.3, 0.4) is 0 Å². The van der Waals surface area contributed by atoms with Crippen molar-refractivity contribution in [1.29, 1.82) is 0 Å². The quantitative estimate of drug-likeness (QED) is 0.162. The Balaban J connectivity index is 1.16. The first-order valence-electron chi connectivity index (χ1n) is 14.9. The monoisotopic (exact) mass is 625 g/mol. The number of amides is 1. The van der Waals surface area contributed by atoms with Crippen molar-refractivity contribution in [2.45, 2.75) is 61.5 Å². The molecule has 1 aliphatic rings. The van der Waals surface area contributed by atoms with Gasteiger partial charge in [-0.25, -0.2) is 0 Å². The number of aromatic nitrogens is 3. The van der Waals surface area contributed by atoms with Gasteiger partial charge in [0.2, 0.25) is 5.91 Å². The average Bonchev–Trinajstić information content (AvgIpc) is 3.05. The fourth-order valence-corrected chi connectivity index (χ4v) is 6.25. The van der Waals surface area contributed by atoms with Crippen LogP contribution in [0.4, 0.5) is 5.69 Å². The first-order valence-corrected chi connectivity index (χ1v) is 15.7. The van der Waals surface area contributed by atoms with E-state index in [1.54, 1.807) is 18.6 Å². The number of thioether (sulfide) groups is 1. The average molecular weight is 626 g/mol. The third-order valence-electron chi connectivity index (χ3n) is 7.34. The fraction of sp³-hybridized carbons (Fsp3) is 0.303. The summed E-state index contributed by atoms with van der Waals surface area (Å²) in [4.78, 5) is 41.3. The molecule has 232 valence electrons. The van der Waals surface area contributed by atoms with E-state index in [1.807, 2.05) is 72.8 Å². The number of nitrogens with one attached hydrogen (secondary N) is 1. The van der Waals surface area contributed by atoms with Gasteiger partial charge in [-0.3, -0.25) is 29.4 Å². The molecule has 10 nitrogen and oxygen atoms in total. The van der Waals surface area contributed by atoms with Crippen LogP contribution < -0.4 is 5.32 Å². The summed E-state index contributed by atoms with van der Waals surface area (Å²) in [7, 11) is 0.304. The van der Waals surface area contributed by atoms with Crippen molar-refractivity contribution >= 4 is 36.4 Å². The Morgan fingerprint density at radius 3 is 2.20 bits per heavy atom. The zero-order chi connectivity index (χ0) is 31.4. The molecule has 4 heterocycles. The van der Waals surface area contributed by atoms with Crippen LogP contribution in [-0.2, 0) is 45.0 Å². The summed E-state index contributed by atoms with van der Waals surface area (Å²) in [5.41, 5.74) is 4.28. The van der Waals surface area contributed by atoms with Gasteiger partial charge in [-0.05, 0) is 60.9 Å². The molecule has 12 heteroatoms. The van der Waals surface area contributed by atoms with Gasteiger partial charge >= 0.3 is 13.1 Å². The molecule has 0 bridgehead atoms. The van der Waals surface area contributed by atoms with E-state index in [9.17, 15) is 14.6 Å². The predicted molar refractivity (Wildman–Crippen MR) is 173 cm³/mol. The molecule has 4 aromatic rings. The lowest BCUT2D eigenvalue weighted by Crippen LogP contribution is -2.42. The summed E-state index contributed by atoms with van der Waals surface area (Å²) < 4.78 is 10.4. The normalized spacial score (nSPS) is 16.4. The molecule has 2 unspecified atom stereocenters. The van der Waals surface area contributed by atoms with Gasteiger partial charge in [0.05, 0.1) is 48.8 Å². The Morgan fingerprint density at radius 2 is 1.60 bits per heavy atom. The maximum Gasteiger partial charge on any atom is 0.468 e. The maximum atomic E-state index is 13.0. The first-order chi connectivity index (χ1) is 21.9. The number of benzene rings is 1. The Hall–Kier alpha value is -4.10. The summed E-state index contributed by atoms with van der Waals surface area (Å²) in [6.45, 7) is 1.90. The minimum atomic E-state index is -1.03. The summed E-state index contributed by atoms with van der Waals surface area (Å²) in [6.07, 6.45) is 6.53. The summed E-state index contributed by atoms with van der Waals surface area (Å²) in [6, 6.07) is 23.2. The number of anilines is 1. The number of hydrogen-bond donors (Lipinski definition) is 2. The molecular weight excluding hydrogens is 589 g/mol. The smallest absolute Gasteiger partial charge is 0.468 e. The number of hydrogen-bond acceptors (Lipinski definition) is 10. The van der Waals surface area contributed by atoms with E-state index < -0.39 is 7.12 Å². The molecule has 2 atom stereocenters. The highest BCUT2D eigenvalue weighted by atomic mass is 32.2.